The molecule has 0 saturated heterocycles. The largest absolute Gasteiger partial charge is 0.367 e. The van der Waals surface area contributed by atoms with E-state index in [2.05, 4.69) is 56.1 Å². The molecule has 5 nitrogen and oxygen atoms in total. The molecule has 1 unspecified atom stereocenters. The third kappa shape index (κ3) is 3.10. The third-order valence-electron chi connectivity index (χ3n) is 3.52. The first-order chi connectivity index (χ1) is 9.29. The van der Waals surface area contributed by atoms with E-state index in [4.69, 9.17) is 5.73 Å². The van der Waals surface area contributed by atoms with Crippen LogP contribution in [0.4, 0.5) is 5.82 Å². The number of hydrogen-bond donors (Lipinski definition) is 2. The number of aromatic nitrogens is 3. The van der Waals surface area contributed by atoms with Gasteiger partial charge in [-0.15, -0.1) is 0 Å². The van der Waals surface area contributed by atoms with Crippen molar-refractivity contribution in [2.45, 2.75) is 46.1 Å². The fraction of sp³-hybridized carbons (Fsp3) is 0.600. The van der Waals surface area contributed by atoms with Crippen LogP contribution in [0.15, 0.2) is 18.5 Å². The number of hydrogen-bond acceptors (Lipinski definition) is 4. The number of nitrogens with one attached hydrogen (secondary N) is 1. The Bertz CT molecular complexity index is 579. The Hall–Kier alpha value is -1.62. The summed E-state index contributed by atoms with van der Waals surface area (Å²) >= 11 is 0. The van der Waals surface area contributed by atoms with Gasteiger partial charge in [0.1, 0.15) is 5.52 Å². The second-order valence-electron chi connectivity index (χ2n) is 6.67. The van der Waals surface area contributed by atoms with Crippen LogP contribution in [0.25, 0.3) is 5.52 Å². The molecular weight excluding hydrogens is 250 g/mol. The predicted molar refractivity (Wildman–Crippen MR) is 83.0 cm³/mol. The van der Waals surface area contributed by atoms with Crippen molar-refractivity contribution in [2.75, 3.05) is 11.9 Å². The molecular formula is C15H25N5. The Morgan fingerprint density at radius 2 is 2.05 bits per heavy atom. The van der Waals surface area contributed by atoms with Crippen molar-refractivity contribution >= 4 is 11.3 Å². The van der Waals surface area contributed by atoms with Gasteiger partial charge >= 0.3 is 0 Å². The molecule has 0 radical (unpaired) electrons. The zero-order valence-electron chi connectivity index (χ0n) is 13.0. The minimum absolute atomic E-state index is 0.0254. The lowest BCUT2D eigenvalue weighted by Gasteiger charge is -2.16. The van der Waals surface area contributed by atoms with Gasteiger partial charge in [0.2, 0.25) is 0 Å². The van der Waals surface area contributed by atoms with Crippen LogP contribution in [-0.2, 0) is 5.41 Å². The van der Waals surface area contributed by atoms with Crippen LogP contribution >= 0.6 is 0 Å². The summed E-state index contributed by atoms with van der Waals surface area (Å²) in [5, 5.41) is 7.95. The van der Waals surface area contributed by atoms with E-state index in [0.717, 1.165) is 17.0 Å². The van der Waals surface area contributed by atoms with Crippen molar-refractivity contribution in [1.29, 1.82) is 0 Å². The Morgan fingerprint density at radius 1 is 1.35 bits per heavy atom. The van der Waals surface area contributed by atoms with Gasteiger partial charge in [0.25, 0.3) is 0 Å². The molecule has 110 valence electrons. The Balaban J connectivity index is 2.28. The molecule has 0 aliphatic heterocycles. The quantitative estimate of drug-likeness (QED) is 0.899. The first-order valence-corrected chi connectivity index (χ1v) is 7.13. The van der Waals surface area contributed by atoms with Crippen molar-refractivity contribution in [2.24, 2.45) is 11.7 Å². The molecule has 2 rings (SSSR count). The third-order valence-corrected chi connectivity index (χ3v) is 3.52. The molecule has 0 bridgehead atoms. The van der Waals surface area contributed by atoms with Crippen molar-refractivity contribution < 1.29 is 0 Å². The highest BCUT2D eigenvalue weighted by atomic mass is 15.2. The summed E-state index contributed by atoms with van der Waals surface area (Å²) in [5.41, 5.74) is 8.15. The number of rotatable bonds is 4. The monoisotopic (exact) mass is 275 g/mol. The van der Waals surface area contributed by atoms with Crippen LogP contribution in [0.5, 0.6) is 0 Å². The zero-order chi connectivity index (χ0) is 14.9. The zero-order valence-corrected chi connectivity index (χ0v) is 13.0. The van der Waals surface area contributed by atoms with E-state index in [-0.39, 0.29) is 11.5 Å². The fourth-order valence-corrected chi connectivity index (χ4v) is 1.88. The van der Waals surface area contributed by atoms with Gasteiger partial charge in [-0.2, -0.15) is 5.10 Å². The molecule has 0 aliphatic rings. The summed E-state index contributed by atoms with van der Waals surface area (Å²) in [6.07, 6.45) is 3.63. The molecule has 2 aromatic rings. The highest BCUT2D eigenvalue weighted by Gasteiger charge is 2.19. The maximum Gasteiger partial charge on any atom is 0.152 e. The summed E-state index contributed by atoms with van der Waals surface area (Å²) in [6.45, 7) is 11.4. The second kappa shape index (κ2) is 5.40. The van der Waals surface area contributed by atoms with E-state index in [1.165, 1.54) is 0 Å². The molecule has 0 fully saturated rings. The number of nitrogens with zero attached hydrogens (tertiary/aromatic N) is 3. The molecule has 0 aliphatic carbocycles. The van der Waals surface area contributed by atoms with E-state index in [1.54, 1.807) is 6.20 Å². The first-order valence-electron chi connectivity index (χ1n) is 7.13. The van der Waals surface area contributed by atoms with Crippen molar-refractivity contribution in [3.05, 3.63) is 24.2 Å². The molecule has 0 aromatic carbocycles. The second-order valence-corrected chi connectivity index (χ2v) is 6.67. The lowest BCUT2D eigenvalue weighted by atomic mass is 9.92. The highest BCUT2D eigenvalue weighted by molar-refractivity contribution is 5.68. The predicted octanol–water partition coefficient (Wildman–Crippen LogP) is 2.42. The van der Waals surface area contributed by atoms with Crippen molar-refractivity contribution in [3.8, 4) is 0 Å². The van der Waals surface area contributed by atoms with E-state index in [0.29, 0.717) is 12.5 Å². The van der Waals surface area contributed by atoms with Gasteiger partial charge in [-0.25, -0.2) is 9.50 Å². The van der Waals surface area contributed by atoms with E-state index >= 15 is 0 Å². The number of nitrogens with two attached hydrogens (primary N) is 1. The van der Waals surface area contributed by atoms with Crippen LogP contribution in [0, 0.1) is 5.92 Å². The smallest absolute Gasteiger partial charge is 0.152 e. The maximum absolute atomic E-state index is 6.07. The van der Waals surface area contributed by atoms with Gasteiger partial charge < -0.3 is 11.1 Å². The number of fused-ring (bicyclic) bond motifs is 1. The van der Waals surface area contributed by atoms with Gasteiger partial charge in [0.15, 0.2) is 5.82 Å². The lowest BCUT2D eigenvalue weighted by molar-refractivity contribution is 0.511. The van der Waals surface area contributed by atoms with Crippen LogP contribution in [0.2, 0.25) is 0 Å². The molecule has 5 heteroatoms. The summed E-state index contributed by atoms with van der Waals surface area (Å²) < 4.78 is 1.87. The van der Waals surface area contributed by atoms with Crippen molar-refractivity contribution in [3.63, 3.8) is 0 Å². The fourth-order valence-electron chi connectivity index (χ4n) is 1.88. The molecule has 0 amide bonds. The van der Waals surface area contributed by atoms with Gasteiger partial charge in [0, 0.05) is 30.4 Å². The maximum atomic E-state index is 6.07. The minimum Gasteiger partial charge on any atom is -0.367 e. The SMILES string of the molecule is CC(C)C(N)CNc1nccn2nc(C(C)(C)C)cc12. The van der Waals surface area contributed by atoms with Gasteiger partial charge in [-0.05, 0) is 12.0 Å². The molecule has 0 spiro atoms. The summed E-state index contributed by atoms with van der Waals surface area (Å²) in [6, 6.07) is 2.21. The summed E-state index contributed by atoms with van der Waals surface area (Å²) in [7, 11) is 0. The average molecular weight is 275 g/mol. The number of anilines is 1. The minimum atomic E-state index is 0.0254. The Labute approximate surface area is 120 Å². The molecule has 1 atom stereocenters. The van der Waals surface area contributed by atoms with E-state index in [9.17, 15) is 0 Å². The van der Waals surface area contributed by atoms with Crippen LogP contribution in [0.1, 0.15) is 40.3 Å². The van der Waals surface area contributed by atoms with Crippen LogP contribution in [0.3, 0.4) is 0 Å². The molecule has 2 aromatic heterocycles. The standard InChI is InChI=1S/C15H25N5/c1-10(2)11(16)9-18-14-12-8-13(15(3,4)5)19-20(12)7-6-17-14/h6-8,10-11H,9,16H2,1-5H3,(H,17,18). The normalized spacial score (nSPS) is 13.9. The van der Waals surface area contributed by atoms with Crippen molar-refractivity contribution in [1.82, 2.24) is 14.6 Å². The summed E-state index contributed by atoms with van der Waals surface area (Å²) in [5.74, 6) is 1.28. The molecule has 2 heterocycles. The lowest BCUT2D eigenvalue weighted by Crippen LogP contribution is -2.34. The van der Waals surface area contributed by atoms with Crippen LogP contribution < -0.4 is 11.1 Å². The molecule has 3 N–H and O–H groups in total. The van der Waals surface area contributed by atoms with Crippen LogP contribution in [-0.4, -0.2) is 27.2 Å². The average Bonchev–Trinajstić information content (AvgIpc) is 2.79. The van der Waals surface area contributed by atoms with E-state index in [1.807, 2.05) is 10.7 Å². The highest BCUT2D eigenvalue weighted by Crippen LogP contribution is 2.24. The van der Waals surface area contributed by atoms with Gasteiger partial charge in [-0.3, -0.25) is 0 Å². The molecule has 0 saturated carbocycles. The van der Waals surface area contributed by atoms with Gasteiger partial charge in [-0.1, -0.05) is 34.6 Å². The first kappa shape index (κ1) is 14.8. The topological polar surface area (TPSA) is 68.2 Å². The van der Waals surface area contributed by atoms with Gasteiger partial charge in [0.05, 0.1) is 5.69 Å². The summed E-state index contributed by atoms with van der Waals surface area (Å²) in [4.78, 5) is 4.41. The molecule has 20 heavy (non-hydrogen) atoms. The van der Waals surface area contributed by atoms with E-state index < -0.39 is 0 Å². The Morgan fingerprint density at radius 3 is 2.65 bits per heavy atom. The Kier molecular flexibility index (Phi) is 3.99.